The Morgan fingerprint density at radius 1 is 0.816 bits per heavy atom. The second kappa shape index (κ2) is 14.2. The van der Waals surface area contributed by atoms with Crippen LogP contribution in [-0.4, -0.2) is 45.2 Å². The zero-order chi connectivity index (χ0) is 35.1. The van der Waals surface area contributed by atoms with Crippen LogP contribution in [0.4, 0.5) is 21.5 Å². The van der Waals surface area contributed by atoms with Crippen molar-refractivity contribution in [3.8, 4) is 11.1 Å². The molecule has 0 aliphatic carbocycles. The van der Waals surface area contributed by atoms with Gasteiger partial charge in [-0.15, -0.1) is 0 Å². The van der Waals surface area contributed by atoms with Gasteiger partial charge in [-0.05, 0) is 74.2 Å². The van der Waals surface area contributed by atoms with Gasteiger partial charge < -0.3 is 28.1 Å². The molecule has 4 aromatic carbocycles. The smallest absolute Gasteiger partial charge is 0.363 e. The van der Waals surface area contributed by atoms with E-state index in [0.29, 0.717) is 38.8 Å². The first kappa shape index (κ1) is 38.0. The summed E-state index contributed by atoms with van der Waals surface area (Å²) in [7, 11) is -8.61. The van der Waals surface area contributed by atoms with Crippen molar-refractivity contribution < 1.29 is 47.7 Å². The first-order valence-electron chi connectivity index (χ1n) is 15.2. The maximum atomic E-state index is 14.7. The third-order valence-electron chi connectivity index (χ3n) is 7.54. The third-order valence-corrected chi connectivity index (χ3v) is 9.91. The van der Waals surface area contributed by atoms with E-state index in [1.54, 1.807) is 36.4 Å². The number of hydrogen-bond donors (Lipinski definition) is 5. The van der Waals surface area contributed by atoms with Crippen LogP contribution in [0.2, 0.25) is 0 Å². The number of fused-ring (bicyclic) bond motifs is 2. The lowest BCUT2D eigenvalue weighted by molar-refractivity contribution is -0.0000197. The van der Waals surface area contributed by atoms with E-state index in [1.165, 1.54) is 6.07 Å². The largest absolute Gasteiger partial charge is 1.00 e. The molecule has 5 aromatic rings. The fourth-order valence-electron chi connectivity index (χ4n) is 6.18. The van der Waals surface area contributed by atoms with Gasteiger partial charge in [-0.2, -0.15) is 8.42 Å². The van der Waals surface area contributed by atoms with Crippen LogP contribution in [0.1, 0.15) is 41.0 Å². The number of aliphatic hydroxyl groups is 1. The molecule has 1 heterocycles. The maximum absolute atomic E-state index is 14.7. The number of hydrogen-bond acceptors (Lipinski definition) is 7. The number of benzene rings is 4. The maximum Gasteiger partial charge on any atom is 0.363 e. The Bertz CT molecular complexity index is 2240. The first-order valence-corrected chi connectivity index (χ1v) is 18.2. The summed E-state index contributed by atoms with van der Waals surface area (Å²) in [5.41, 5.74) is 2.47. The average Bonchev–Trinajstić information content (AvgIpc) is 2.98. The molecule has 0 aliphatic heterocycles. The molecule has 14 heteroatoms. The molecule has 5 N–H and O–H groups in total. The van der Waals surface area contributed by atoms with E-state index < -0.39 is 30.9 Å². The summed E-state index contributed by atoms with van der Waals surface area (Å²) in [6.07, 6.45) is 0.870. The van der Waals surface area contributed by atoms with Gasteiger partial charge >= 0.3 is 11.2 Å². The van der Waals surface area contributed by atoms with E-state index in [-0.39, 0.29) is 47.1 Å². The van der Waals surface area contributed by atoms with Crippen molar-refractivity contribution in [1.29, 1.82) is 0 Å². The highest BCUT2D eigenvalue weighted by molar-refractivity contribution is 7.89. The molecule has 0 amide bonds. The van der Waals surface area contributed by atoms with Crippen LogP contribution in [0, 0.1) is 11.2 Å². The summed E-state index contributed by atoms with van der Waals surface area (Å²) in [6.45, 7) is 10.2. The monoisotopic (exact) mass is 731 g/mol. The number of aliphatic hydroxyl groups excluding tert-OH is 1. The van der Waals surface area contributed by atoms with E-state index in [0.717, 1.165) is 30.3 Å². The number of halogens is 2. The quantitative estimate of drug-likeness (QED) is 0.0747. The van der Waals surface area contributed by atoms with E-state index >= 15 is 0 Å². The van der Waals surface area contributed by atoms with Gasteiger partial charge in [-0.1, -0.05) is 39.0 Å². The molecule has 1 aromatic heterocycles. The second-order valence-electron chi connectivity index (χ2n) is 13.5. The summed E-state index contributed by atoms with van der Waals surface area (Å²) in [5.74, 6) is -0.748. The summed E-state index contributed by atoms with van der Waals surface area (Å²) < 4.78 is 83.2. The van der Waals surface area contributed by atoms with Gasteiger partial charge in [-0.25, -0.2) is 21.9 Å². The highest BCUT2D eigenvalue weighted by Crippen LogP contribution is 2.42. The highest BCUT2D eigenvalue weighted by atomic mass is 35.5. The normalized spacial score (nSPS) is 12.6. The Hall–Kier alpha value is -3.85. The standard InChI is InChI=1S/C35H38FN3O7S2.ClH/c1-34(2,3)21-35(4,5)39-23-11-14-26-31(19-23)46-30-18-22(38-29-20-24(48(43,44)45)12-15-28(29)36)10-13-25(30)33(26)27-8-6-7-9-32(27)47(41,42)37-16-17-40;/h6-15,18-20,37-40H,16-17,21H2,1-5H3;1H. The molecule has 0 bridgehead atoms. The number of anilines is 3. The Labute approximate surface area is 292 Å². The van der Waals surface area contributed by atoms with E-state index in [9.17, 15) is 30.9 Å². The second-order valence-corrected chi connectivity index (χ2v) is 16.7. The van der Waals surface area contributed by atoms with Crippen molar-refractivity contribution >= 4 is 59.1 Å². The molecule has 0 aliphatic rings. The lowest BCUT2D eigenvalue weighted by atomic mass is 9.81. The zero-order valence-corrected chi connectivity index (χ0v) is 30.0. The van der Waals surface area contributed by atoms with Crippen molar-refractivity contribution in [2.45, 2.75) is 56.4 Å². The fraction of sp³-hybridized carbons (Fsp3) is 0.286. The van der Waals surface area contributed by atoms with Gasteiger partial charge in [0.05, 0.1) is 45.0 Å². The molecule has 10 nitrogen and oxygen atoms in total. The van der Waals surface area contributed by atoms with Crippen molar-refractivity contribution in [3.63, 3.8) is 0 Å². The van der Waals surface area contributed by atoms with Crippen LogP contribution in [0.5, 0.6) is 0 Å². The lowest BCUT2D eigenvalue weighted by Gasteiger charge is -2.34. The van der Waals surface area contributed by atoms with E-state index in [4.69, 9.17) is 4.42 Å². The van der Waals surface area contributed by atoms with Gasteiger partial charge in [0.2, 0.25) is 10.0 Å². The lowest BCUT2D eigenvalue weighted by Crippen LogP contribution is -3.00. The van der Waals surface area contributed by atoms with Gasteiger partial charge in [0, 0.05) is 34.6 Å². The Morgan fingerprint density at radius 2 is 1.43 bits per heavy atom. The third kappa shape index (κ3) is 8.85. The topological polar surface area (TPSA) is 156 Å². The predicted molar refractivity (Wildman–Crippen MR) is 187 cm³/mol. The van der Waals surface area contributed by atoms with Crippen LogP contribution < -0.4 is 27.8 Å². The average molecular weight is 732 g/mol. The molecule has 0 radical (unpaired) electrons. The summed E-state index contributed by atoms with van der Waals surface area (Å²) >= 11 is 0. The van der Waals surface area contributed by atoms with Crippen molar-refractivity contribution in [2.75, 3.05) is 23.8 Å². The van der Waals surface area contributed by atoms with Crippen molar-refractivity contribution in [3.05, 3.63) is 84.7 Å². The molecule has 0 spiro atoms. The van der Waals surface area contributed by atoms with E-state index in [2.05, 4.69) is 50.0 Å². The highest BCUT2D eigenvalue weighted by Gasteiger charge is 2.29. The fourth-order valence-corrected chi connectivity index (χ4v) is 7.92. The molecule has 5 rings (SSSR count). The van der Waals surface area contributed by atoms with Crippen LogP contribution in [-0.2, 0) is 20.1 Å². The zero-order valence-electron chi connectivity index (χ0n) is 27.6. The first-order chi connectivity index (χ1) is 22.4. The molecular formula is C35H39ClFN3O7S2. The molecule has 0 atom stereocenters. The Balaban J connectivity index is 0.00000541. The molecular weight excluding hydrogens is 693 g/mol. The summed E-state index contributed by atoms with van der Waals surface area (Å²) in [5, 5.41) is 16.9. The Kier molecular flexibility index (Phi) is 11.0. The molecule has 0 saturated heterocycles. The Morgan fingerprint density at radius 3 is 2.04 bits per heavy atom. The molecule has 49 heavy (non-hydrogen) atoms. The van der Waals surface area contributed by atoms with Crippen LogP contribution in [0.15, 0.2) is 93.1 Å². The SMILES string of the molecule is CC(C)(C)CC(C)(C)Nc1ccc2c(-c3ccccc3S(=O)(=O)NCCO)c3ccc(Nc4cc(S(=O)(=O)O)ccc4F)cc3[o+]c2c1.[Cl-]. The van der Waals surface area contributed by atoms with E-state index in [1.807, 2.05) is 18.2 Å². The number of sulfonamides is 1. The minimum Gasteiger partial charge on any atom is -1.00 e. The minimum absolute atomic E-state index is 0. The molecule has 262 valence electrons. The van der Waals surface area contributed by atoms with Crippen molar-refractivity contribution in [1.82, 2.24) is 4.72 Å². The van der Waals surface area contributed by atoms with Crippen LogP contribution in [0.25, 0.3) is 33.1 Å². The molecule has 0 saturated carbocycles. The molecule has 0 unspecified atom stereocenters. The summed E-state index contributed by atoms with van der Waals surface area (Å²) in [6, 6.07) is 20.0. The number of rotatable bonds is 11. The van der Waals surface area contributed by atoms with Crippen LogP contribution >= 0.6 is 0 Å². The van der Waals surface area contributed by atoms with Crippen LogP contribution in [0.3, 0.4) is 0 Å². The van der Waals surface area contributed by atoms with Crippen molar-refractivity contribution in [2.24, 2.45) is 5.41 Å². The number of nitrogens with one attached hydrogen (secondary N) is 3. The minimum atomic E-state index is -4.58. The predicted octanol–water partition coefficient (Wildman–Crippen LogP) is 4.56. The van der Waals surface area contributed by atoms with Gasteiger partial charge in [0.25, 0.3) is 10.1 Å². The van der Waals surface area contributed by atoms with Gasteiger partial charge in [0.1, 0.15) is 5.82 Å². The van der Waals surface area contributed by atoms with Gasteiger partial charge in [0.15, 0.2) is 0 Å². The van der Waals surface area contributed by atoms with Gasteiger partial charge in [-0.3, -0.25) is 4.55 Å². The summed E-state index contributed by atoms with van der Waals surface area (Å²) in [4.78, 5) is -0.473. The molecule has 0 fully saturated rings.